The molecule has 0 spiro atoms. The maximum atomic E-state index is 12.1. The molecule has 0 aliphatic rings. The van der Waals surface area contributed by atoms with Gasteiger partial charge in [0.25, 0.3) is 5.91 Å². The van der Waals surface area contributed by atoms with Gasteiger partial charge in [-0.2, -0.15) is 0 Å². The zero-order chi connectivity index (χ0) is 21.5. The largest absolute Gasteiger partial charge is 0.439 e. The van der Waals surface area contributed by atoms with Crippen molar-refractivity contribution in [3.8, 4) is 11.6 Å². The van der Waals surface area contributed by atoms with E-state index in [1.54, 1.807) is 36.5 Å². The fourth-order valence-corrected chi connectivity index (χ4v) is 2.89. The molecule has 0 fully saturated rings. The second-order valence-corrected chi connectivity index (χ2v) is 7.22. The highest BCUT2D eigenvalue weighted by atomic mass is 35.5. The average molecular weight is 424 g/mol. The predicted molar refractivity (Wildman–Crippen MR) is 116 cm³/mol. The van der Waals surface area contributed by atoms with Gasteiger partial charge in [0, 0.05) is 18.8 Å². The van der Waals surface area contributed by atoms with Gasteiger partial charge >= 0.3 is 0 Å². The Morgan fingerprint density at radius 1 is 1.03 bits per heavy atom. The molecular weight excluding hydrogens is 402 g/mol. The van der Waals surface area contributed by atoms with Crippen LogP contribution in [-0.4, -0.2) is 23.3 Å². The van der Waals surface area contributed by atoms with E-state index in [2.05, 4.69) is 15.6 Å². The first-order valence-corrected chi connectivity index (χ1v) is 9.79. The molecule has 0 saturated heterocycles. The van der Waals surface area contributed by atoms with E-state index >= 15 is 0 Å². The lowest BCUT2D eigenvalue weighted by molar-refractivity contribution is -0.120. The Morgan fingerprint density at radius 3 is 2.57 bits per heavy atom. The lowest BCUT2D eigenvalue weighted by Crippen LogP contribution is -2.36. The van der Waals surface area contributed by atoms with Crippen LogP contribution in [0.25, 0.3) is 0 Å². The molecule has 154 valence electrons. The van der Waals surface area contributed by atoms with Crippen LogP contribution in [0.3, 0.4) is 0 Å². The van der Waals surface area contributed by atoms with Crippen LogP contribution in [0.5, 0.6) is 11.6 Å². The summed E-state index contributed by atoms with van der Waals surface area (Å²) in [5.74, 6) is 0.528. The van der Waals surface area contributed by atoms with E-state index in [0.29, 0.717) is 16.5 Å². The molecule has 3 rings (SSSR count). The Bertz CT molecular complexity index is 1050. The number of aromatic nitrogens is 1. The van der Waals surface area contributed by atoms with Crippen molar-refractivity contribution >= 4 is 23.4 Å². The zero-order valence-electron chi connectivity index (χ0n) is 16.7. The van der Waals surface area contributed by atoms with Crippen molar-refractivity contribution in [2.24, 2.45) is 0 Å². The maximum Gasteiger partial charge on any atom is 0.253 e. The highest BCUT2D eigenvalue weighted by Gasteiger charge is 2.11. The predicted octanol–water partition coefficient (Wildman–Crippen LogP) is 4.19. The van der Waals surface area contributed by atoms with Gasteiger partial charge in [0.1, 0.15) is 5.75 Å². The van der Waals surface area contributed by atoms with Gasteiger partial charge in [-0.25, -0.2) is 4.98 Å². The number of pyridine rings is 1. The highest BCUT2D eigenvalue weighted by molar-refractivity contribution is 6.33. The fraction of sp³-hybridized carbons (Fsp3) is 0.174. The number of benzene rings is 2. The van der Waals surface area contributed by atoms with Gasteiger partial charge in [-0.15, -0.1) is 0 Å². The molecule has 0 aliphatic heterocycles. The van der Waals surface area contributed by atoms with Gasteiger partial charge in [0.2, 0.25) is 11.8 Å². The van der Waals surface area contributed by atoms with E-state index in [1.165, 1.54) is 0 Å². The number of hydrogen-bond acceptors (Lipinski definition) is 4. The minimum Gasteiger partial charge on any atom is -0.439 e. The Kier molecular flexibility index (Phi) is 7.03. The molecule has 0 radical (unpaired) electrons. The van der Waals surface area contributed by atoms with Crippen molar-refractivity contribution in [1.29, 1.82) is 0 Å². The molecule has 0 saturated carbocycles. The summed E-state index contributed by atoms with van der Waals surface area (Å²) < 4.78 is 5.83. The number of halogens is 1. The summed E-state index contributed by atoms with van der Waals surface area (Å²) in [5.41, 5.74) is 3.28. The standard InChI is InChI=1S/C23H22ClN3O3/c1-15-7-8-16(2)20(11-15)30-22-10-9-17(13-26-22)12-25-21(28)14-27-23(29)18-5-3-4-6-19(18)24/h3-11,13H,12,14H2,1-2H3,(H,25,28)(H,27,29). The van der Waals surface area contributed by atoms with E-state index in [1.807, 2.05) is 38.1 Å². The van der Waals surface area contributed by atoms with Crippen LogP contribution in [0.2, 0.25) is 5.02 Å². The van der Waals surface area contributed by atoms with Crippen LogP contribution in [-0.2, 0) is 11.3 Å². The Morgan fingerprint density at radius 2 is 1.83 bits per heavy atom. The van der Waals surface area contributed by atoms with E-state index in [-0.39, 0.29) is 19.0 Å². The second-order valence-electron chi connectivity index (χ2n) is 6.81. The van der Waals surface area contributed by atoms with Gasteiger partial charge in [-0.05, 0) is 48.7 Å². The third-order valence-corrected chi connectivity index (χ3v) is 4.70. The first kappa shape index (κ1) is 21.3. The van der Waals surface area contributed by atoms with E-state index in [9.17, 15) is 9.59 Å². The Balaban J connectivity index is 1.47. The summed E-state index contributed by atoms with van der Waals surface area (Å²) in [4.78, 5) is 28.4. The van der Waals surface area contributed by atoms with Crippen molar-refractivity contribution < 1.29 is 14.3 Å². The van der Waals surface area contributed by atoms with Crippen molar-refractivity contribution in [2.45, 2.75) is 20.4 Å². The maximum absolute atomic E-state index is 12.1. The summed E-state index contributed by atoms with van der Waals surface area (Å²) >= 11 is 5.98. The van der Waals surface area contributed by atoms with Crippen molar-refractivity contribution in [1.82, 2.24) is 15.6 Å². The minimum absolute atomic E-state index is 0.148. The number of nitrogens with one attached hydrogen (secondary N) is 2. The number of nitrogens with zero attached hydrogens (tertiary/aromatic N) is 1. The molecule has 7 heteroatoms. The number of carbonyl (C=O) groups excluding carboxylic acids is 2. The molecule has 0 atom stereocenters. The number of rotatable bonds is 7. The number of ether oxygens (including phenoxy) is 1. The molecule has 2 aromatic carbocycles. The highest BCUT2D eigenvalue weighted by Crippen LogP contribution is 2.24. The minimum atomic E-state index is -0.398. The third kappa shape index (κ3) is 5.81. The molecule has 1 aromatic heterocycles. The normalized spacial score (nSPS) is 10.4. The zero-order valence-corrected chi connectivity index (χ0v) is 17.5. The summed E-state index contributed by atoms with van der Waals surface area (Å²) in [6.07, 6.45) is 1.64. The lowest BCUT2D eigenvalue weighted by atomic mass is 10.1. The molecule has 0 aliphatic carbocycles. The lowest BCUT2D eigenvalue weighted by Gasteiger charge is -2.10. The van der Waals surface area contributed by atoms with Crippen LogP contribution >= 0.6 is 11.6 Å². The average Bonchev–Trinajstić information content (AvgIpc) is 2.74. The fourth-order valence-electron chi connectivity index (χ4n) is 2.67. The van der Waals surface area contributed by atoms with E-state index in [4.69, 9.17) is 16.3 Å². The molecule has 2 amide bonds. The number of carbonyl (C=O) groups is 2. The molecule has 0 unspecified atom stereocenters. The monoisotopic (exact) mass is 423 g/mol. The van der Waals surface area contributed by atoms with Crippen molar-refractivity contribution in [3.63, 3.8) is 0 Å². The number of hydrogen-bond donors (Lipinski definition) is 2. The van der Waals surface area contributed by atoms with Crippen LogP contribution in [0.1, 0.15) is 27.0 Å². The van der Waals surface area contributed by atoms with Crippen LogP contribution < -0.4 is 15.4 Å². The van der Waals surface area contributed by atoms with Crippen LogP contribution in [0.4, 0.5) is 0 Å². The number of amides is 2. The molecule has 1 heterocycles. The quantitative estimate of drug-likeness (QED) is 0.597. The van der Waals surface area contributed by atoms with Crippen LogP contribution in [0.15, 0.2) is 60.8 Å². The smallest absolute Gasteiger partial charge is 0.253 e. The van der Waals surface area contributed by atoms with Crippen LogP contribution in [0, 0.1) is 13.8 Å². The molecule has 0 bridgehead atoms. The van der Waals surface area contributed by atoms with Gasteiger partial charge in [-0.3, -0.25) is 9.59 Å². The van der Waals surface area contributed by atoms with Gasteiger partial charge in [0.15, 0.2) is 0 Å². The van der Waals surface area contributed by atoms with Crippen molar-refractivity contribution in [3.05, 3.63) is 88.1 Å². The third-order valence-electron chi connectivity index (χ3n) is 4.37. The van der Waals surface area contributed by atoms with Gasteiger partial charge in [0.05, 0.1) is 17.1 Å². The van der Waals surface area contributed by atoms with Gasteiger partial charge < -0.3 is 15.4 Å². The number of aryl methyl sites for hydroxylation is 2. The molecule has 2 N–H and O–H groups in total. The molecular formula is C23H22ClN3O3. The first-order chi connectivity index (χ1) is 14.4. The molecule has 30 heavy (non-hydrogen) atoms. The first-order valence-electron chi connectivity index (χ1n) is 9.42. The summed E-state index contributed by atoms with van der Waals surface area (Å²) in [6.45, 7) is 4.12. The van der Waals surface area contributed by atoms with Gasteiger partial charge in [-0.1, -0.05) is 41.9 Å². The topological polar surface area (TPSA) is 80.3 Å². The van der Waals surface area contributed by atoms with E-state index < -0.39 is 5.91 Å². The Hall–Kier alpha value is -3.38. The van der Waals surface area contributed by atoms with E-state index in [0.717, 1.165) is 22.4 Å². The summed E-state index contributed by atoms with van der Waals surface area (Å²) in [5, 5.41) is 5.63. The summed E-state index contributed by atoms with van der Waals surface area (Å²) in [6, 6.07) is 16.2. The summed E-state index contributed by atoms with van der Waals surface area (Å²) in [7, 11) is 0. The molecule has 3 aromatic rings. The second kappa shape index (κ2) is 9.89. The SMILES string of the molecule is Cc1ccc(C)c(Oc2ccc(CNC(=O)CNC(=O)c3ccccc3Cl)cn2)c1. The molecule has 6 nitrogen and oxygen atoms in total. The van der Waals surface area contributed by atoms with Crippen molar-refractivity contribution in [2.75, 3.05) is 6.54 Å². The Labute approximate surface area is 180 Å².